The Kier molecular flexibility index (Phi) is 6.03. The first kappa shape index (κ1) is 20.7. The molecule has 0 saturated carbocycles. The van der Waals surface area contributed by atoms with E-state index < -0.39 is 17.5 Å². The Hall–Kier alpha value is -3.59. The molecule has 1 aliphatic heterocycles. The predicted octanol–water partition coefficient (Wildman–Crippen LogP) is 3.90. The van der Waals surface area contributed by atoms with Gasteiger partial charge in [-0.1, -0.05) is 0 Å². The molecular weight excluding hydrogens is 404 g/mol. The summed E-state index contributed by atoms with van der Waals surface area (Å²) in [7, 11) is 0. The average molecular weight is 425 g/mol. The number of hydrogen-bond donors (Lipinski definition) is 2. The van der Waals surface area contributed by atoms with Gasteiger partial charge in [0.1, 0.15) is 29.1 Å². The highest BCUT2D eigenvalue weighted by molar-refractivity contribution is 6.04. The lowest BCUT2D eigenvalue weighted by Gasteiger charge is -2.28. The molecule has 3 aromatic rings. The van der Waals surface area contributed by atoms with Crippen LogP contribution in [0.1, 0.15) is 16.2 Å². The number of carbonyl (C=O) groups is 1. The fourth-order valence-corrected chi connectivity index (χ4v) is 3.23. The summed E-state index contributed by atoms with van der Waals surface area (Å²) in [4.78, 5) is 23.3. The van der Waals surface area contributed by atoms with E-state index >= 15 is 0 Å². The predicted molar refractivity (Wildman–Crippen MR) is 114 cm³/mol. The van der Waals surface area contributed by atoms with Crippen molar-refractivity contribution in [1.82, 2.24) is 9.97 Å². The molecule has 1 aliphatic rings. The summed E-state index contributed by atoms with van der Waals surface area (Å²) in [5.74, 6) is -0.161. The molecule has 7 nitrogen and oxygen atoms in total. The number of aryl methyl sites for hydroxylation is 1. The molecule has 2 aromatic carbocycles. The van der Waals surface area contributed by atoms with Crippen molar-refractivity contribution in [2.45, 2.75) is 6.92 Å². The number of morpholine rings is 1. The topological polar surface area (TPSA) is 79.4 Å². The van der Waals surface area contributed by atoms with Crippen molar-refractivity contribution in [1.29, 1.82) is 0 Å². The first-order valence-electron chi connectivity index (χ1n) is 9.80. The van der Waals surface area contributed by atoms with Crippen molar-refractivity contribution in [3.05, 3.63) is 71.6 Å². The molecule has 0 aliphatic carbocycles. The molecule has 1 amide bonds. The Morgan fingerprint density at radius 2 is 1.71 bits per heavy atom. The molecule has 0 bridgehead atoms. The number of halogens is 2. The van der Waals surface area contributed by atoms with Gasteiger partial charge in [-0.05, 0) is 43.3 Å². The van der Waals surface area contributed by atoms with Crippen LogP contribution in [-0.4, -0.2) is 42.2 Å². The van der Waals surface area contributed by atoms with E-state index in [1.165, 1.54) is 0 Å². The monoisotopic (exact) mass is 425 g/mol. The number of hydrogen-bond acceptors (Lipinski definition) is 6. The molecule has 0 atom stereocenters. The second-order valence-corrected chi connectivity index (χ2v) is 7.04. The van der Waals surface area contributed by atoms with Crippen LogP contribution in [0.15, 0.2) is 48.5 Å². The van der Waals surface area contributed by atoms with E-state index in [0.717, 1.165) is 36.7 Å². The van der Waals surface area contributed by atoms with E-state index in [9.17, 15) is 13.6 Å². The number of nitrogens with one attached hydrogen (secondary N) is 2. The van der Waals surface area contributed by atoms with Gasteiger partial charge in [-0.25, -0.2) is 18.7 Å². The van der Waals surface area contributed by atoms with E-state index in [0.29, 0.717) is 36.6 Å². The molecule has 1 aromatic heterocycles. The lowest BCUT2D eigenvalue weighted by molar-refractivity contribution is 0.102. The van der Waals surface area contributed by atoms with Gasteiger partial charge in [0.2, 0.25) is 0 Å². The van der Waals surface area contributed by atoms with Gasteiger partial charge in [-0.2, -0.15) is 0 Å². The maximum absolute atomic E-state index is 13.8. The molecule has 2 N–H and O–H groups in total. The molecule has 0 radical (unpaired) electrons. The largest absolute Gasteiger partial charge is 0.378 e. The van der Waals surface area contributed by atoms with Gasteiger partial charge in [-0.3, -0.25) is 4.79 Å². The number of amides is 1. The molecule has 2 heterocycles. The molecule has 0 unspecified atom stereocenters. The van der Waals surface area contributed by atoms with E-state index in [1.807, 2.05) is 13.0 Å². The maximum Gasteiger partial charge on any atom is 0.258 e. The Labute approximate surface area is 178 Å². The lowest BCUT2D eigenvalue weighted by Crippen LogP contribution is -2.36. The van der Waals surface area contributed by atoms with Crippen molar-refractivity contribution >= 4 is 28.9 Å². The van der Waals surface area contributed by atoms with Crippen LogP contribution in [-0.2, 0) is 4.74 Å². The zero-order chi connectivity index (χ0) is 21.8. The van der Waals surface area contributed by atoms with Crippen molar-refractivity contribution in [3.8, 4) is 0 Å². The molecule has 1 fully saturated rings. The van der Waals surface area contributed by atoms with Crippen LogP contribution in [0.25, 0.3) is 0 Å². The molecule has 9 heteroatoms. The van der Waals surface area contributed by atoms with Crippen LogP contribution in [0.2, 0.25) is 0 Å². The number of aromatic nitrogens is 2. The number of ether oxygens (including phenoxy) is 1. The standard InChI is InChI=1S/C22H21F2N5O2/c1-14-25-20(13-21(26-14)29-8-10-31-11-9-29)27-16-3-5-17(6-4-16)28-22(30)18-7-2-15(23)12-19(18)24/h2-7,12-13H,8-11H2,1H3,(H,28,30)(H,25,26,27). The summed E-state index contributed by atoms with van der Waals surface area (Å²) in [6.07, 6.45) is 0. The molecular formula is C22H21F2N5O2. The quantitative estimate of drug-likeness (QED) is 0.646. The summed E-state index contributed by atoms with van der Waals surface area (Å²) in [6.45, 7) is 4.72. The number of nitrogens with zero attached hydrogens (tertiary/aromatic N) is 3. The van der Waals surface area contributed by atoms with Crippen LogP contribution in [0, 0.1) is 18.6 Å². The van der Waals surface area contributed by atoms with E-state index in [2.05, 4.69) is 25.5 Å². The summed E-state index contributed by atoms with van der Waals surface area (Å²) >= 11 is 0. The van der Waals surface area contributed by atoms with Crippen LogP contribution >= 0.6 is 0 Å². The Morgan fingerprint density at radius 1 is 1.00 bits per heavy atom. The third kappa shape index (κ3) is 5.13. The van der Waals surface area contributed by atoms with Gasteiger partial charge in [0.15, 0.2) is 0 Å². The van der Waals surface area contributed by atoms with Gasteiger partial charge in [0, 0.05) is 36.6 Å². The average Bonchev–Trinajstić information content (AvgIpc) is 2.75. The van der Waals surface area contributed by atoms with Gasteiger partial charge >= 0.3 is 0 Å². The fourth-order valence-electron chi connectivity index (χ4n) is 3.23. The fraction of sp³-hybridized carbons (Fsp3) is 0.227. The molecule has 4 rings (SSSR count). The number of anilines is 4. The smallest absolute Gasteiger partial charge is 0.258 e. The van der Waals surface area contributed by atoms with Crippen LogP contribution in [0.5, 0.6) is 0 Å². The Morgan fingerprint density at radius 3 is 2.42 bits per heavy atom. The highest BCUT2D eigenvalue weighted by atomic mass is 19.1. The van der Waals surface area contributed by atoms with Crippen LogP contribution in [0.3, 0.4) is 0 Å². The minimum Gasteiger partial charge on any atom is -0.378 e. The number of carbonyl (C=O) groups excluding carboxylic acids is 1. The zero-order valence-electron chi connectivity index (χ0n) is 16.9. The normalized spacial score (nSPS) is 13.7. The molecule has 31 heavy (non-hydrogen) atoms. The number of rotatable bonds is 5. The number of benzene rings is 2. The maximum atomic E-state index is 13.8. The molecule has 1 saturated heterocycles. The van der Waals surface area contributed by atoms with Crippen molar-refractivity contribution < 1.29 is 18.3 Å². The third-order valence-corrected chi connectivity index (χ3v) is 4.75. The zero-order valence-corrected chi connectivity index (χ0v) is 16.9. The first-order chi connectivity index (χ1) is 15.0. The first-order valence-corrected chi connectivity index (χ1v) is 9.80. The third-order valence-electron chi connectivity index (χ3n) is 4.75. The minimum absolute atomic E-state index is 0.226. The second kappa shape index (κ2) is 9.05. The van der Waals surface area contributed by atoms with E-state index in [-0.39, 0.29) is 5.56 Å². The Balaban J connectivity index is 1.44. The second-order valence-electron chi connectivity index (χ2n) is 7.04. The van der Waals surface area contributed by atoms with E-state index in [1.54, 1.807) is 24.3 Å². The summed E-state index contributed by atoms with van der Waals surface area (Å²) < 4.78 is 32.2. The van der Waals surface area contributed by atoms with Gasteiger partial charge in [0.25, 0.3) is 5.91 Å². The van der Waals surface area contributed by atoms with E-state index in [4.69, 9.17) is 4.74 Å². The van der Waals surface area contributed by atoms with Crippen molar-refractivity contribution in [3.63, 3.8) is 0 Å². The van der Waals surface area contributed by atoms with Crippen molar-refractivity contribution in [2.75, 3.05) is 41.8 Å². The summed E-state index contributed by atoms with van der Waals surface area (Å²) in [6, 6.07) is 11.6. The SMILES string of the molecule is Cc1nc(Nc2ccc(NC(=O)c3ccc(F)cc3F)cc2)cc(N2CCOCC2)n1. The molecule has 0 spiro atoms. The van der Waals surface area contributed by atoms with Crippen LogP contribution in [0.4, 0.5) is 31.8 Å². The van der Waals surface area contributed by atoms with Crippen LogP contribution < -0.4 is 15.5 Å². The van der Waals surface area contributed by atoms with Gasteiger partial charge in [-0.15, -0.1) is 0 Å². The summed E-state index contributed by atoms with van der Waals surface area (Å²) in [5.41, 5.74) is 1.01. The van der Waals surface area contributed by atoms with Crippen molar-refractivity contribution in [2.24, 2.45) is 0 Å². The highest BCUT2D eigenvalue weighted by Crippen LogP contribution is 2.22. The lowest BCUT2D eigenvalue weighted by atomic mass is 10.2. The Bertz CT molecular complexity index is 1090. The highest BCUT2D eigenvalue weighted by Gasteiger charge is 2.15. The van der Waals surface area contributed by atoms with Gasteiger partial charge < -0.3 is 20.3 Å². The summed E-state index contributed by atoms with van der Waals surface area (Å²) in [5, 5.41) is 5.83. The minimum atomic E-state index is -0.911. The van der Waals surface area contributed by atoms with Gasteiger partial charge in [0.05, 0.1) is 18.8 Å². The molecule has 160 valence electrons.